The molecule has 0 aromatic heterocycles. The second kappa shape index (κ2) is 7.50. The number of nitrogens with one attached hydrogen (secondary N) is 1. The first kappa shape index (κ1) is 16.2. The lowest BCUT2D eigenvalue weighted by atomic mass is 10.1. The van der Waals surface area contributed by atoms with Crippen LogP contribution in [0.4, 0.5) is 0 Å². The Kier molecular flexibility index (Phi) is 7.15. The second-order valence-electron chi connectivity index (χ2n) is 3.60. The minimum atomic E-state index is -0.750. The van der Waals surface area contributed by atoms with Crippen molar-refractivity contribution in [3.8, 4) is 0 Å². The Labute approximate surface area is 112 Å². The van der Waals surface area contributed by atoms with E-state index in [2.05, 4.69) is 5.32 Å². The molecule has 0 bridgehead atoms. The number of rotatable bonds is 4. The fourth-order valence-electron chi connectivity index (χ4n) is 1.16. The van der Waals surface area contributed by atoms with Gasteiger partial charge < -0.3 is 16.2 Å². The fraction of sp³-hybridized carbons (Fsp3) is 0.364. The highest BCUT2D eigenvalue weighted by Crippen LogP contribution is 2.15. The van der Waals surface area contributed by atoms with Crippen molar-refractivity contribution < 1.29 is 9.90 Å². The molecule has 1 rings (SSSR count). The molecule has 0 aliphatic heterocycles. The van der Waals surface area contributed by atoms with Crippen LogP contribution in [0.5, 0.6) is 0 Å². The summed E-state index contributed by atoms with van der Waals surface area (Å²) in [5.41, 5.74) is 6.07. The molecule has 0 aliphatic carbocycles. The first-order valence-corrected chi connectivity index (χ1v) is 5.35. The summed E-state index contributed by atoms with van der Waals surface area (Å²) < 4.78 is 0. The number of hydrogen-bond donors (Lipinski definition) is 3. The van der Waals surface area contributed by atoms with Crippen LogP contribution in [0.3, 0.4) is 0 Å². The van der Waals surface area contributed by atoms with Crippen molar-refractivity contribution in [3.63, 3.8) is 0 Å². The van der Waals surface area contributed by atoms with E-state index in [4.69, 9.17) is 17.3 Å². The van der Waals surface area contributed by atoms with Gasteiger partial charge in [0.05, 0.1) is 12.1 Å². The second-order valence-corrected chi connectivity index (χ2v) is 4.04. The SMILES string of the molecule is C[C@@H](N)C(=O)NCC(O)c1ccc(Cl)cc1.Cl. The van der Waals surface area contributed by atoms with Gasteiger partial charge in [-0.25, -0.2) is 0 Å². The maximum atomic E-state index is 11.2. The lowest BCUT2D eigenvalue weighted by molar-refractivity contribution is -0.122. The molecule has 0 heterocycles. The summed E-state index contributed by atoms with van der Waals surface area (Å²) in [6, 6.07) is 6.23. The Hall–Kier alpha value is -0.810. The summed E-state index contributed by atoms with van der Waals surface area (Å²) in [5.74, 6) is -0.284. The van der Waals surface area contributed by atoms with E-state index in [0.717, 1.165) is 0 Å². The molecule has 0 spiro atoms. The maximum absolute atomic E-state index is 11.2. The van der Waals surface area contributed by atoms with Gasteiger partial charge in [-0.3, -0.25) is 4.79 Å². The van der Waals surface area contributed by atoms with Gasteiger partial charge in [-0.05, 0) is 24.6 Å². The highest BCUT2D eigenvalue weighted by Gasteiger charge is 2.11. The van der Waals surface area contributed by atoms with Crippen LogP contribution in [0.15, 0.2) is 24.3 Å². The topological polar surface area (TPSA) is 75.4 Å². The van der Waals surface area contributed by atoms with Gasteiger partial charge in [0.15, 0.2) is 0 Å². The molecule has 0 aliphatic rings. The molecule has 2 atom stereocenters. The van der Waals surface area contributed by atoms with Crippen molar-refractivity contribution in [1.29, 1.82) is 0 Å². The van der Waals surface area contributed by atoms with E-state index in [1.54, 1.807) is 31.2 Å². The lowest BCUT2D eigenvalue weighted by Gasteiger charge is -2.13. The van der Waals surface area contributed by atoms with E-state index in [1.165, 1.54) is 0 Å². The van der Waals surface area contributed by atoms with Gasteiger partial charge in [0.2, 0.25) is 5.91 Å². The number of nitrogens with two attached hydrogens (primary N) is 1. The first-order chi connectivity index (χ1) is 7.50. The van der Waals surface area contributed by atoms with Crippen molar-refractivity contribution in [2.45, 2.75) is 19.1 Å². The Morgan fingerprint density at radius 3 is 2.47 bits per heavy atom. The van der Waals surface area contributed by atoms with Gasteiger partial charge in [0.25, 0.3) is 0 Å². The number of hydrogen-bond acceptors (Lipinski definition) is 3. The van der Waals surface area contributed by atoms with Crippen LogP contribution < -0.4 is 11.1 Å². The molecular formula is C11H16Cl2N2O2. The Bertz CT molecular complexity index is 355. The normalized spacial score (nSPS) is 13.4. The predicted molar refractivity (Wildman–Crippen MR) is 70.3 cm³/mol. The zero-order valence-corrected chi connectivity index (χ0v) is 11.0. The van der Waals surface area contributed by atoms with Crippen LogP contribution in [0.1, 0.15) is 18.6 Å². The maximum Gasteiger partial charge on any atom is 0.236 e. The summed E-state index contributed by atoms with van der Waals surface area (Å²) >= 11 is 5.72. The van der Waals surface area contributed by atoms with Gasteiger partial charge in [-0.15, -0.1) is 12.4 Å². The van der Waals surface area contributed by atoms with E-state index in [9.17, 15) is 9.90 Å². The number of amides is 1. The quantitative estimate of drug-likeness (QED) is 0.776. The Balaban J connectivity index is 0.00000256. The van der Waals surface area contributed by atoms with Gasteiger partial charge in [-0.1, -0.05) is 23.7 Å². The Morgan fingerprint density at radius 2 is 2.00 bits per heavy atom. The molecule has 0 saturated carbocycles. The van der Waals surface area contributed by atoms with E-state index in [-0.39, 0.29) is 24.9 Å². The zero-order chi connectivity index (χ0) is 12.1. The van der Waals surface area contributed by atoms with Crippen molar-refractivity contribution in [2.75, 3.05) is 6.54 Å². The van der Waals surface area contributed by atoms with E-state index in [1.807, 2.05) is 0 Å². The number of carbonyl (C=O) groups is 1. The molecule has 1 amide bonds. The van der Waals surface area contributed by atoms with Gasteiger partial charge in [0.1, 0.15) is 0 Å². The van der Waals surface area contributed by atoms with Crippen molar-refractivity contribution in [1.82, 2.24) is 5.32 Å². The molecule has 1 aromatic rings. The van der Waals surface area contributed by atoms with Crippen LogP contribution >= 0.6 is 24.0 Å². The monoisotopic (exact) mass is 278 g/mol. The lowest BCUT2D eigenvalue weighted by Crippen LogP contribution is -2.40. The molecule has 0 fully saturated rings. The van der Waals surface area contributed by atoms with Crippen LogP contribution in [0.2, 0.25) is 5.02 Å². The third-order valence-electron chi connectivity index (χ3n) is 2.14. The minimum Gasteiger partial charge on any atom is -0.387 e. The van der Waals surface area contributed by atoms with E-state index in [0.29, 0.717) is 10.6 Å². The van der Waals surface area contributed by atoms with Gasteiger partial charge in [-0.2, -0.15) is 0 Å². The van der Waals surface area contributed by atoms with Gasteiger partial charge >= 0.3 is 0 Å². The summed E-state index contributed by atoms with van der Waals surface area (Å²) in [6.07, 6.45) is -0.750. The molecule has 6 heteroatoms. The molecule has 17 heavy (non-hydrogen) atoms. The van der Waals surface area contributed by atoms with Crippen LogP contribution in [0.25, 0.3) is 0 Å². The fourth-order valence-corrected chi connectivity index (χ4v) is 1.29. The molecule has 4 nitrogen and oxygen atoms in total. The smallest absolute Gasteiger partial charge is 0.236 e. The number of carbonyl (C=O) groups excluding carboxylic acids is 1. The average Bonchev–Trinajstić information content (AvgIpc) is 2.26. The molecule has 1 aromatic carbocycles. The minimum absolute atomic E-state index is 0. The third-order valence-corrected chi connectivity index (χ3v) is 2.39. The molecular weight excluding hydrogens is 263 g/mol. The first-order valence-electron chi connectivity index (χ1n) is 4.97. The van der Waals surface area contributed by atoms with Crippen LogP contribution in [0, 0.1) is 0 Å². The molecule has 0 saturated heterocycles. The van der Waals surface area contributed by atoms with Crippen molar-refractivity contribution in [3.05, 3.63) is 34.9 Å². The highest BCUT2D eigenvalue weighted by atomic mass is 35.5. The van der Waals surface area contributed by atoms with E-state index >= 15 is 0 Å². The Morgan fingerprint density at radius 1 is 1.47 bits per heavy atom. The van der Waals surface area contributed by atoms with Crippen LogP contribution in [-0.4, -0.2) is 23.6 Å². The zero-order valence-electron chi connectivity index (χ0n) is 9.39. The molecule has 1 unspecified atom stereocenters. The van der Waals surface area contributed by atoms with Crippen LogP contribution in [-0.2, 0) is 4.79 Å². The molecule has 0 radical (unpaired) electrons. The standard InChI is InChI=1S/C11H15ClN2O2.ClH/c1-7(13)11(16)14-6-10(15)8-2-4-9(12)5-3-8;/h2-5,7,10,15H,6,13H2,1H3,(H,14,16);1H/t7-,10?;/m1./s1. The number of aliphatic hydroxyl groups excluding tert-OH is 1. The third kappa shape index (κ3) is 5.37. The average molecular weight is 279 g/mol. The molecule has 4 N–H and O–H groups in total. The van der Waals surface area contributed by atoms with Crippen molar-refractivity contribution in [2.24, 2.45) is 5.73 Å². The summed E-state index contributed by atoms with van der Waals surface area (Å²) in [4.78, 5) is 11.2. The number of halogens is 2. The number of aliphatic hydroxyl groups is 1. The summed E-state index contributed by atoms with van der Waals surface area (Å²) in [7, 11) is 0. The van der Waals surface area contributed by atoms with E-state index < -0.39 is 12.1 Å². The largest absolute Gasteiger partial charge is 0.387 e. The van der Waals surface area contributed by atoms with Gasteiger partial charge in [0, 0.05) is 11.6 Å². The molecule has 96 valence electrons. The summed E-state index contributed by atoms with van der Waals surface area (Å²) in [6.45, 7) is 1.73. The highest BCUT2D eigenvalue weighted by molar-refractivity contribution is 6.30. The predicted octanol–water partition coefficient (Wildman–Crippen LogP) is 1.26. The summed E-state index contributed by atoms with van der Waals surface area (Å²) in [5, 5.41) is 12.9. The van der Waals surface area contributed by atoms with Crippen molar-refractivity contribution >= 4 is 29.9 Å². The number of benzene rings is 1.